The normalized spacial score (nSPS) is 5.50. The lowest BCUT2D eigenvalue weighted by molar-refractivity contribution is 0.606. The van der Waals surface area contributed by atoms with E-state index in [0.717, 1.165) is 0 Å². The Kier molecular flexibility index (Phi) is 5.11. The van der Waals surface area contributed by atoms with Crippen LogP contribution in [0.15, 0.2) is 0 Å². The highest BCUT2D eigenvalue weighted by Gasteiger charge is 1.84. The van der Waals surface area contributed by atoms with E-state index < -0.39 is 0 Å². The summed E-state index contributed by atoms with van der Waals surface area (Å²) in [5, 5.41) is 0. The van der Waals surface area contributed by atoms with Crippen LogP contribution in [0.1, 0.15) is 0 Å². The minimum Gasteiger partial charge on any atom is -0.0217 e. The maximum atomic E-state index is 9.48. The lowest BCUT2D eigenvalue weighted by Gasteiger charge is -1.42. The van der Waals surface area contributed by atoms with Gasteiger partial charge in [-0.3, -0.25) is 0 Å². The molecule has 0 saturated heterocycles. The molecule has 0 atom stereocenters. The molecule has 0 aliphatic carbocycles. The molecule has 0 saturated carbocycles. The smallest absolute Gasteiger partial charge is 0.0217 e. The Morgan fingerprint density at radius 2 is 2.50 bits per heavy atom. The zero-order valence-corrected chi connectivity index (χ0v) is 5.30. The maximum absolute atomic E-state index is 9.48. The van der Waals surface area contributed by atoms with Gasteiger partial charge in [-0.25, -0.2) is 0 Å². The molecule has 32 valence electrons. The topological polar surface area (TPSA) is 17.1 Å². The minimum absolute atomic E-state index is 0.366. The van der Waals surface area contributed by atoms with E-state index in [-0.39, 0.29) is 0 Å². The summed E-state index contributed by atoms with van der Waals surface area (Å²) in [6.45, 7) is 0. The zero-order chi connectivity index (χ0) is 4.83. The number of hydrogen-bond acceptors (Lipinski definition) is 1. The zero-order valence-electron chi connectivity index (χ0n) is 2.90. The lowest BCUT2D eigenvalue weighted by Crippen LogP contribution is -1.66. The molecule has 1 nitrogen and oxygen atoms in total. The highest BCUT2D eigenvalue weighted by atomic mass is 79.9. The van der Waals surface area contributed by atoms with Crippen molar-refractivity contribution in [2.75, 3.05) is 5.75 Å². The molecule has 0 heterocycles. The van der Waals surface area contributed by atoms with Crippen LogP contribution in [0.25, 0.3) is 0 Å². The van der Waals surface area contributed by atoms with Gasteiger partial charge in [0, 0.05) is 20.1 Å². The highest BCUT2D eigenvalue weighted by molar-refractivity contribution is 9.12. The molecule has 0 amide bonds. The summed E-state index contributed by atoms with van der Waals surface area (Å²) in [5.74, 6) is 2.88. The van der Waals surface area contributed by atoms with Crippen LogP contribution in [0.3, 0.4) is 0 Å². The van der Waals surface area contributed by atoms with E-state index in [1.54, 1.807) is 0 Å². The van der Waals surface area contributed by atoms with Crippen LogP contribution in [-0.2, 0) is 15.9 Å². The first-order valence-corrected chi connectivity index (χ1v) is 2.95. The third kappa shape index (κ3) is 4.06. The average Bonchev–Trinajstić information content (AvgIpc) is 1.61. The van der Waals surface area contributed by atoms with Gasteiger partial charge in [0.05, 0.1) is 0 Å². The molecule has 0 bridgehead atoms. The molecule has 6 heavy (non-hydrogen) atoms. The number of rotatable bonds is 1. The standard InChI is InChI=1S/C3H2BrOS/c4-2-1-3-6-5/h3H2/q+1. The Hall–Kier alpha value is 0.0600. The van der Waals surface area contributed by atoms with E-state index >= 15 is 0 Å². The molecule has 0 radical (unpaired) electrons. The molecule has 0 aromatic rings. The van der Waals surface area contributed by atoms with Gasteiger partial charge >= 0.3 is 11.7 Å². The van der Waals surface area contributed by atoms with Crippen LogP contribution in [-0.4, -0.2) is 5.75 Å². The second-order valence-electron chi connectivity index (χ2n) is 0.533. The largest absolute Gasteiger partial charge is 0.472 e. The molecule has 0 rings (SSSR count). The van der Waals surface area contributed by atoms with E-state index in [0.29, 0.717) is 17.4 Å². The van der Waals surface area contributed by atoms with Crippen molar-refractivity contribution >= 4 is 27.6 Å². The quantitative estimate of drug-likeness (QED) is 0.415. The van der Waals surface area contributed by atoms with Gasteiger partial charge in [0.1, 0.15) is 0 Å². The molecular formula is C3H2BrOS+. The monoisotopic (exact) mass is 165 g/mol. The van der Waals surface area contributed by atoms with Gasteiger partial charge in [0.25, 0.3) is 5.75 Å². The molecule has 0 aromatic heterocycles. The molecule has 0 aromatic carbocycles. The Balaban J connectivity index is 3.00. The fourth-order valence-corrected chi connectivity index (χ4v) is 0.514. The van der Waals surface area contributed by atoms with Crippen LogP contribution in [0.2, 0.25) is 0 Å². The van der Waals surface area contributed by atoms with Crippen molar-refractivity contribution in [3.05, 3.63) is 0 Å². The summed E-state index contributed by atoms with van der Waals surface area (Å²) in [7, 11) is 0. The van der Waals surface area contributed by atoms with E-state index in [2.05, 4.69) is 26.7 Å². The van der Waals surface area contributed by atoms with Crippen molar-refractivity contribution in [3.8, 4) is 10.8 Å². The molecule has 3 heteroatoms. The van der Waals surface area contributed by atoms with Crippen LogP contribution in [0.5, 0.6) is 0 Å². The summed E-state index contributed by atoms with van der Waals surface area (Å²) in [5.41, 5.74) is 0. The summed E-state index contributed by atoms with van der Waals surface area (Å²) < 4.78 is 9.48. The van der Waals surface area contributed by atoms with Gasteiger partial charge in [0.15, 0.2) is 0 Å². The van der Waals surface area contributed by atoms with Gasteiger partial charge in [-0.2, -0.15) is 0 Å². The minimum atomic E-state index is 0.366. The number of halogens is 1. The number of hydrogen-bond donors (Lipinski definition) is 0. The predicted molar refractivity (Wildman–Crippen MR) is 29.6 cm³/mol. The molecular weight excluding hydrogens is 164 g/mol. The molecule has 0 N–H and O–H groups in total. The Morgan fingerprint density at radius 3 is 2.67 bits per heavy atom. The van der Waals surface area contributed by atoms with Crippen molar-refractivity contribution in [3.63, 3.8) is 0 Å². The van der Waals surface area contributed by atoms with Gasteiger partial charge < -0.3 is 0 Å². The Labute approximate surface area is 48.7 Å². The van der Waals surface area contributed by atoms with E-state index in [4.69, 9.17) is 0 Å². The summed E-state index contributed by atoms with van der Waals surface area (Å²) in [6.07, 6.45) is 0. The Morgan fingerprint density at radius 1 is 1.83 bits per heavy atom. The van der Waals surface area contributed by atoms with Crippen molar-refractivity contribution in [2.45, 2.75) is 0 Å². The van der Waals surface area contributed by atoms with Gasteiger partial charge in [0.2, 0.25) is 0 Å². The SMILES string of the molecule is O=[S+]CC#CBr. The molecule has 0 spiro atoms. The van der Waals surface area contributed by atoms with Gasteiger partial charge in [-0.15, -0.1) is 0 Å². The summed E-state index contributed by atoms with van der Waals surface area (Å²) in [4.78, 5) is 2.41. The molecule has 0 fully saturated rings. The first kappa shape index (κ1) is 6.06. The highest BCUT2D eigenvalue weighted by Crippen LogP contribution is 1.66. The van der Waals surface area contributed by atoms with Crippen LogP contribution in [0, 0.1) is 10.8 Å². The van der Waals surface area contributed by atoms with Gasteiger partial charge in [-0.05, 0) is 10.8 Å². The second-order valence-corrected chi connectivity index (χ2v) is 1.45. The third-order valence-corrected chi connectivity index (χ3v) is 0.740. The van der Waals surface area contributed by atoms with Crippen molar-refractivity contribution < 1.29 is 4.21 Å². The van der Waals surface area contributed by atoms with Crippen molar-refractivity contribution in [1.29, 1.82) is 0 Å². The van der Waals surface area contributed by atoms with Crippen molar-refractivity contribution in [1.82, 2.24) is 0 Å². The molecule has 0 aliphatic heterocycles. The van der Waals surface area contributed by atoms with Gasteiger partial charge in [-0.1, -0.05) is 0 Å². The Bertz CT molecular complexity index is 90.7. The van der Waals surface area contributed by atoms with E-state index in [9.17, 15) is 4.21 Å². The predicted octanol–water partition coefficient (Wildman–Crippen LogP) is 0.770. The first-order valence-electron chi connectivity index (χ1n) is 1.25. The fourth-order valence-electron chi connectivity index (χ4n) is 0.0567. The average molecular weight is 166 g/mol. The maximum Gasteiger partial charge on any atom is 0.472 e. The second kappa shape index (κ2) is 5.06. The van der Waals surface area contributed by atoms with Crippen LogP contribution in [0.4, 0.5) is 0 Å². The summed E-state index contributed by atoms with van der Waals surface area (Å²) >= 11 is 3.31. The van der Waals surface area contributed by atoms with E-state index in [1.807, 2.05) is 0 Å². The van der Waals surface area contributed by atoms with Crippen LogP contribution < -0.4 is 0 Å². The lowest BCUT2D eigenvalue weighted by atomic mass is 10.8. The third-order valence-electron chi connectivity index (χ3n) is 0.198. The fraction of sp³-hybridized carbons (Fsp3) is 0.333. The van der Waals surface area contributed by atoms with Crippen molar-refractivity contribution in [2.24, 2.45) is 0 Å². The molecule has 0 unspecified atom stereocenters. The van der Waals surface area contributed by atoms with Crippen LogP contribution >= 0.6 is 15.9 Å². The van der Waals surface area contributed by atoms with E-state index in [1.165, 1.54) is 0 Å². The first-order chi connectivity index (χ1) is 2.91. The molecule has 0 aliphatic rings. The summed E-state index contributed by atoms with van der Waals surface area (Å²) in [6, 6.07) is 0.